The number of anilines is 2. The standard InChI is InChI=1S/C24H20FN5O2/c25-20-2-1-3-21(19(20)11-26)30-18-6-4-16(5-7-18)12-29-23(32)24(8-9-24)10-22(31)17-13-27-15-28-14-17/h1-7,13-15,30H,8-10,12H2,(H,29,32). The van der Waals surface area contributed by atoms with Crippen LogP contribution in [0.5, 0.6) is 0 Å². The second kappa shape index (κ2) is 8.94. The predicted octanol–water partition coefficient (Wildman–Crippen LogP) is 3.90. The van der Waals surface area contributed by atoms with Crippen LogP contribution in [0.1, 0.15) is 40.7 Å². The summed E-state index contributed by atoms with van der Waals surface area (Å²) in [5.41, 5.74) is 1.67. The van der Waals surface area contributed by atoms with Crippen molar-refractivity contribution in [1.29, 1.82) is 5.26 Å². The summed E-state index contributed by atoms with van der Waals surface area (Å²) in [4.78, 5) is 32.8. The average molecular weight is 429 g/mol. The van der Waals surface area contributed by atoms with Gasteiger partial charge in [-0.15, -0.1) is 0 Å². The zero-order chi connectivity index (χ0) is 22.6. The molecule has 7 nitrogen and oxygen atoms in total. The van der Waals surface area contributed by atoms with Crippen LogP contribution in [0.25, 0.3) is 0 Å². The van der Waals surface area contributed by atoms with Crippen LogP contribution in [0.4, 0.5) is 15.8 Å². The lowest BCUT2D eigenvalue weighted by Gasteiger charge is -2.15. The van der Waals surface area contributed by atoms with E-state index in [1.54, 1.807) is 18.2 Å². The Morgan fingerprint density at radius 1 is 1.09 bits per heavy atom. The van der Waals surface area contributed by atoms with Gasteiger partial charge >= 0.3 is 0 Å². The van der Waals surface area contributed by atoms with Gasteiger partial charge in [0.15, 0.2) is 5.78 Å². The number of benzene rings is 2. The normalized spacial score (nSPS) is 13.6. The number of halogens is 1. The molecule has 1 aliphatic carbocycles. The molecule has 160 valence electrons. The van der Waals surface area contributed by atoms with Crippen LogP contribution in [-0.2, 0) is 11.3 Å². The van der Waals surface area contributed by atoms with Crippen molar-refractivity contribution in [3.63, 3.8) is 0 Å². The minimum Gasteiger partial charge on any atom is -0.354 e. The molecule has 2 N–H and O–H groups in total. The van der Waals surface area contributed by atoms with E-state index < -0.39 is 11.2 Å². The Hall–Kier alpha value is -4.12. The van der Waals surface area contributed by atoms with Crippen molar-refractivity contribution < 1.29 is 14.0 Å². The van der Waals surface area contributed by atoms with E-state index in [0.717, 1.165) is 5.56 Å². The van der Waals surface area contributed by atoms with Crippen LogP contribution >= 0.6 is 0 Å². The van der Waals surface area contributed by atoms with Crippen LogP contribution in [0.3, 0.4) is 0 Å². The van der Waals surface area contributed by atoms with Gasteiger partial charge in [-0.25, -0.2) is 14.4 Å². The second-order valence-electron chi connectivity index (χ2n) is 7.79. The number of carbonyl (C=O) groups excluding carboxylic acids is 2. The van der Waals surface area contributed by atoms with Gasteiger partial charge in [0, 0.05) is 31.0 Å². The highest BCUT2D eigenvalue weighted by Crippen LogP contribution is 2.49. The van der Waals surface area contributed by atoms with E-state index in [2.05, 4.69) is 20.6 Å². The van der Waals surface area contributed by atoms with E-state index in [4.69, 9.17) is 5.26 Å². The molecule has 0 spiro atoms. The first kappa shape index (κ1) is 21.1. The van der Waals surface area contributed by atoms with E-state index in [9.17, 15) is 14.0 Å². The summed E-state index contributed by atoms with van der Waals surface area (Å²) >= 11 is 0. The highest BCUT2D eigenvalue weighted by molar-refractivity contribution is 6.00. The third-order valence-corrected chi connectivity index (χ3v) is 5.53. The number of carbonyl (C=O) groups is 2. The number of hydrogen-bond acceptors (Lipinski definition) is 6. The van der Waals surface area contributed by atoms with Crippen LogP contribution in [0, 0.1) is 22.6 Å². The molecule has 0 saturated heterocycles. The summed E-state index contributed by atoms with van der Waals surface area (Å²) in [5, 5.41) is 15.1. The van der Waals surface area contributed by atoms with Gasteiger partial charge in [-0.05, 0) is 42.7 Å². The molecule has 0 radical (unpaired) electrons. The highest BCUT2D eigenvalue weighted by atomic mass is 19.1. The molecule has 0 bridgehead atoms. The fourth-order valence-electron chi connectivity index (χ4n) is 3.46. The maximum Gasteiger partial charge on any atom is 0.226 e. The number of rotatable bonds is 8. The van der Waals surface area contributed by atoms with Crippen molar-refractivity contribution in [3.8, 4) is 6.07 Å². The maximum atomic E-state index is 13.7. The minimum absolute atomic E-state index is 0.0461. The SMILES string of the molecule is N#Cc1c(F)cccc1Nc1ccc(CNC(=O)C2(CC(=O)c3cncnc3)CC2)cc1. The molecule has 1 saturated carbocycles. The van der Waals surface area contributed by atoms with E-state index in [1.807, 2.05) is 18.2 Å². The number of nitrogens with one attached hydrogen (secondary N) is 2. The smallest absolute Gasteiger partial charge is 0.226 e. The Balaban J connectivity index is 1.33. The van der Waals surface area contributed by atoms with Crippen LogP contribution in [-0.4, -0.2) is 21.7 Å². The van der Waals surface area contributed by atoms with E-state index in [-0.39, 0.29) is 23.7 Å². The predicted molar refractivity (Wildman–Crippen MR) is 115 cm³/mol. The summed E-state index contributed by atoms with van der Waals surface area (Å²) in [6.07, 6.45) is 5.78. The molecule has 3 aromatic rings. The van der Waals surface area contributed by atoms with Crippen LogP contribution in [0.2, 0.25) is 0 Å². The van der Waals surface area contributed by atoms with E-state index >= 15 is 0 Å². The van der Waals surface area contributed by atoms with E-state index in [0.29, 0.717) is 36.3 Å². The Bertz CT molecular complexity index is 1190. The quantitative estimate of drug-likeness (QED) is 0.526. The lowest BCUT2D eigenvalue weighted by Crippen LogP contribution is -2.33. The van der Waals surface area contributed by atoms with Crippen molar-refractivity contribution in [2.75, 3.05) is 5.32 Å². The average Bonchev–Trinajstić information content (AvgIpc) is 3.60. The largest absolute Gasteiger partial charge is 0.354 e. The molecule has 1 aliphatic rings. The third-order valence-electron chi connectivity index (χ3n) is 5.53. The summed E-state index contributed by atoms with van der Waals surface area (Å²) in [6.45, 7) is 0.326. The van der Waals surface area contributed by atoms with Crippen molar-refractivity contribution in [2.45, 2.75) is 25.8 Å². The molecule has 1 heterocycles. The number of nitriles is 1. The van der Waals surface area contributed by atoms with Crippen molar-refractivity contribution in [2.24, 2.45) is 5.41 Å². The maximum absolute atomic E-state index is 13.7. The Kier molecular flexibility index (Phi) is 5.90. The number of nitrogens with zero attached hydrogens (tertiary/aromatic N) is 3. The number of ketones is 1. The second-order valence-corrected chi connectivity index (χ2v) is 7.79. The van der Waals surface area contributed by atoms with Gasteiger partial charge in [-0.2, -0.15) is 5.26 Å². The van der Waals surface area contributed by atoms with Gasteiger partial charge in [0.1, 0.15) is 23.8 Å². The molecule has 1 aromatic heterocycles. The minimum atomic E-state index is -0.653. The van der Waals surface area contributed by atoms with Crippen LogP contribution in [0.15, 0.2) is 61.2 Å². The lowest BCUT2D eigenvalue weighted by atomic mass is 9.95. The molecular weight excluding hydrogens is 409 g/mol. The van der Waals surface area contributed by atoms with Gasteiger partial charge < -0.3 is 10.6 Å². The molecule has 1 fully saturated rings. The molecule has 2 aromatic carbocycles. The Morgan fingerprint density at radius 2 is 1.81 bits per heavy atom. The van der Waals surface area contributed by atoms with Gasteiger partial charge in [-0.1, -0.05) is 18.2 Å². The number of amides is 1. The number of hydrogen-bond donors (Lipinski definition) is 2. The fourth-order valence-corrected chi connectivity index (χ4v) is 3.46. The molecule has 0 atom stereocenters. The monoisotopic (exact) mass is 429 g/mol. The first-order valence-electron chi connectivity index (χ1n) is 10.1. The van der Waals surface area contributed by atoms with Crippen molar-refractivity contribution >= 4 is 23.1 Å². The van der Waals surface area contributed by atoms with Gasteiger partial charge in [0.05, 0.1) is 16.7 Å². The molecule has 0 unspecified atom stereocenters. The fraction of sp³-hybridized carbons (Fsp3) is 0.208. The summed E-state index contributed by atoms with van der Waals surface area (Å²) in [7, 11) is 0. The first-order valence-corrected chi connectivity index (χ1v) is 10.1. The van der Waals surface area contributed by atoms with Crippen LogP contribution < -0.4 is 10.6 Å². The molecule has 8 heteroatoms. The molecule has 1 amide bonds. The van der Waals surface area contributed by atoms with Crippen molar-refractivity contribution in [3.05, 3.63) is 83.7 Å². The van der Waals surface area contributed by atoms with E-state index in [1.165, 1.54) is 30.9 Å². The summed E-state index contributed by atoms with van der Waals surface area (Å²) in [5.74, 6) is -0.852. The number of aromatic nitrogens is 2. The lowest BCUT2D eigenvalue weighted by molar-refractivity contribution is -0.126. The summed E-state index contributed by atoms with van der Waals surface area (Å²) < 4.78 is 13.7. The molecule has 32 heavy (non-hydrogen) atoms. The van der Waals surface area contributed by atoms with Gasteiger partial charge in [0.2, 0.25) is 5.91 Å². The first-order chi connectivity index (χ1) is 15.5. The molecule has 0 aliphatic heterocycles. The third kappa shape index (κ3) is 4.62. The summed E-state index contributed by atoms with van der Waals surface area (Å²) in [6, 6.07) is 13.5. The highest BCUT2D eigenvalue weighted by Gasteiger charge is 2.50. The topological polar surface area (TPSA) is 108 Å². The molecular formula is C24H20FN5O2. The van der Waals surface area contributed by atoms with Gasteiger partial charge in [0.25, 0.3) is 0 Å². The van der Waals surface area contributed by atoms with Gasteiger partial charge in [-0.3, -0.25) is 9.59 Å². The Morgan fingerprint density at radius 3 is 2.47 bits per heavy atom. The van der Waals surface area contributed by atoms with Crippen molar-refractivity contribution in [1.82, 2.24) is 15.3 Å². The Labute approximate surface area is 184 Å². The zero-order valence-electron chi connectivity index (χ0n) is 17.1. The number of Topliss-reactive ketones (excluding diaryl/α,β-unsaturated/α-hetero) is 1. The zero-order valence-corrected chi connectivity index (χ0v) is 17.1. The molecule has 4 rings (SSSR count).